The van der Waals surface area contributed by atoms with E-state index in [1.807, 2.05) is 53.4 Å². The van der Waals surface area contributed by atoms with E-state index in [1.165, 1.54) is 25.7 Å². The van der Waals surface area contributed by atoms with E-state index < -0.39 is 0 Å². The van der Waals surface area contributed by atoms with Crippen molar-refractivity contribution in [1.82, 2.24) is 0 Å². The van der Waals surface area contributed by atoms with Gasteiger partial charge in [0.2, 0.25) is 11.8 Å². The topological polar surface area (TPSA) is 58.6 Å². The highest BCUT2D eigenvalue weighted by Gasteiger charge is 2.34. The lowest BCUT2D eigenvalue weighted by atomic mass is 10.1. The molecule has 2 aromatic rings. The van der Waals surface area contributed by atoms with Gasteiger partial charge in [-0.1, -0.05) is 51.2 Å². The fourth-order valence-corrected chi connectivity index (χ4v) is 4.92. The molecule has 1 N–H and O–H groups in total. The molecule has 6 heteroatoms. The number of nitrogens with one attached hydrogen (secondary N) is 1. The van der Waals surface area contributed by atoms with Crippen molar-refractivity contribution in [3.05, 3.63) is 54.1 Å². The first kappa shape index (κ1) is 23.2. The molecule has 31 heavy (non-hydrogen) atoms. The molecule has 0 saturated carbocycles. The van der Waals surface area contributed by atoms with Crippen molar-refractivity contribution in [3.63, 3.8) is 0 Å². The van der Waals surface area contributed by atoms with Gasteiger partial charge in [0.05, 0.1) is 12.9 Å². The summed E-state index contributed by atoms with van der Waals surface area (Å²) in [5.74, 6) is 1.33. The number of methoxy groups -OCH3 is 1. The van der Waals surface area contributed by atoms with Crippen LogP contribution in [0.25, 0.3) is 0 Å². The Kier molecular flexibility index (Phi) is 8.83. The van der Waals surface area contributed by atoms with Crippen LogP contribution in [0, 0.1) is 0 Å². The standard InChI is InChI=1S/C25H32N2O3S/c1-3-4-5-6-7-8-12-23(28)26-20-11-9-10-19(17-20)25-27(24(29)18-31-25)21-13-15-22(30-2)16-14-21/h9-11,13-17,25H,3-8,12,18H2,1-2H3,(H,26,28)/t25-/m1/s1. The molecule has 0 aromatic heterocycles. The number of rotatable bonds is 11. The van der Waals surface area contributed by atoms with Gasteiger partial charge in [0.1, 0.15) is 11.1 Å². The Labute approximate surface area is 189 Å². The lowest BCUT2D eigenvalue weighted by Gasteiger charge is -2.25. The maximum absolute atomic E-state index is 12.6. The van der Waals surface area contributed by atoms with Crippen molar-refractivity contribution < 1.29 is 14.3 Å². The molecule has 2 amide bonds. The van der Waals surface area contributed by atoms with Gasteiger partial charge in [0.15, 0.2) is 0 Å². The molecule has 166 valence electrons. The molecule has 0 bridgehead atoms. The quantitative estimate of drug-likeness (QED) is 0.425. The number of hydrogen-bond donors (Lipinski definition) is 1. The average Bonchev–Trinajstić information content (AvgIpc) is 3.18. The van der Waals surface area contributed by atoms with Gasteiger partial charge in [-0.05, 0) is 48.4 Å². The molecule has 1 atom stereocenters. The van der Waals surface area contributed by atoms with Gasteiger partial charge in [-0.3, -0.25) is 14.5 Å². The summed E-state index contributed by atoms with van der Waals surface area (Å²) < 4.78 is 5.23. The highest BCUT2D eigenvalue weighted by Crippen LogP contribution is 2.42. The maximum Gasteiger partial charge on any atom is 0.238 e. The van der Waals surface area contributed by atoms with Gasteiger partial charge in [0.25, 0.3) is 0 Å². The number of thioether (sulfide) groups is 1. The summed E-state index contributed by atoms with van der Waals surface area (Å²) in [4.78, 5) is 26.8. The van der Waals surface area contributed by atoms with Crippen molar-refractivity contribution in [2.45, 2.75) is 57.2 Å². The first-order chi connectivity index (χ1) is 15.1. The highest BCUT2D eigenvalue weighted by molar-refractivity contribution is 8.00. The van der Waals surface area contributed by atoms with Crippen molar-refractivity contribution in [2.24, 2.45) is 0 Å². The monoisotopic (exact) mass is 440 g/mol. The predicted molar refractivity (Wildman–Crippen MR) is 129 cm³/mol. The predicted octanol–water partition coefficient (Wildman–Crippen LogP) is 6.16. The zero-order chi connectivity index (χ0) is 22.1. The van der Waals surface area contributed by atoms with Gasteiger partial charge >= 0.3 is 0 Å². The second kappa shape index (κ2) is 11.8. The van der Waals surface area contributed by atoms with Gasteiger partial charge in [-0.25, -0.2) is 0 Å². The first-order valence-corrected chi connectivity index (χ1v) is 12.1. The van der Waals surface area contributed by atoms with Crippen molar-refractivity contribution >= 4 is 35.0 Å². The Bertz CT molecular complexity index is 869. The summed E-state index contributed by atoms with van der Waals surface area (Å²) in [7, 11) is 1.63. The molecule has 1 saturated heterocycles. The average molecular weight is 441 g/mol. The van der Waals surface area contributed by atoms with E-state index in [0.717, 1.165) is 35.5 Å². The number of nitrogens with zero attached hydrogens (tertiary/aromatic N) is 1. The Morgan fingerprint density at radius 3 is 2.58 bits per heavy atom. The molecule has 1 aliphatic heterocycles. The molecule has 2 aromatic carbocycles. The minimum Gasteiger partial charge on any atom is -0.497 e. The third-order valence-corrected chi connectivity index (χ3v) is 6.64. The molecule has 0 radical (unpaired) electrons. The number of hydrogen-bond acceptors (Lipinski definition) is 4. The number of amides is 2. The smallest absolute Gasteiger partial charge is 0.238 e. The molecule has 0 spiro atoms. The molecule has 1 heterocycles. The van der Waals surface area contributed by atoms with E-state index in [4.69, 9.17) is 4.74 Å². The maximum atomic E-state index is 12.6. The number of ether oxygens (including phenoxy) is 1. The Balaban J connectivity index is 1.61. The number of carbonyl (C=O) groups is 2. The molecule has 3 rings (SSSR count). The summed E-state index contributed by atoms with van der Waals surface area (Å²) in [5, 5.41) is 2.91. The zero-order valence-corrected chi connectivity index (χ0v) is 19.2. The fourth-order valence-electron chi connectivity index (χ4n) is 3.75. The second-order valence-electron chi connectivity index (χ2n) is 7.82. The number of carbonyl (C=O) groups excluding carboxylic acids is 2. The van der Waals surface area contributed by atoms with Crippen molar-refractivity contribution in [1.29, 1.82) is 0 Å². The Hall–Kier alpha value is -2.47. The van der Waals surface area contributed by atoms with Crippen LogP contribution >= 0.6 is 11.8 Å². The molecule has 1 fully saturated rings. The minimum absolute atomic E-state index is 0.0507. The SMILES string of the molecule is CCCCCCCCC(=O)Nc1cccc([C@H]2SCC(=O)N2c2ccc(OC)cc2)c1. The third kappa shape index (κ3) is 6.50. The van der Waals surface area contributed by atoms with Crippen LogP contribution in [0.3, 0.4) is 0 Å². The van der Waals surface area contributed by atoms with E-state index in [2.05, 4.69) is 12.2 Å². The van der Waals surface area contributed by atoms with Crippen LogP contribution in [-0.4, -0.2) is 24.7 Å². The van der Waals surface area contributed by atoms with Crippen LogP contribution in [0.5, 0.6) is 5.75 Å². The summed E-state index contributed by atoms with van der Waals surface area (Å²) in [6.07, 6.45) is 7.53. The van der Waals surface area contributed by atoms with Crippen LogP contribution in [0.4, 0.5) is 11.4 Å². The fraction of sp³-hybridized carbons (Fsp3) is 0.440. The van der Waals surface area contributed by atoms with Crippen LogP contribution in [0.2, 0.25) is 0 Å². The molecular weight excluding hydrogens is 408 g/mol. The number of benzene rings is 2. The van der Waals surface area contributed by atoms with E-state index in [-0.39, 0.29) is 17.2 Å². The normalized spacial score (nSPS) is 15.9. The van der Waals surface area contributed by atoms with E-state index in [9.17, 15) is 9.59 Å². The molecular formula is C25H32N2O3S. The third-order valence-electron chi connectivity index (χ3n) is 5.43. The van der Waals surface area contributed by atoms with Gasteiger partial charge < -0.3 is 10.1 Å². The van der Waals surface area contributed by atoms with Crippen LogP contribution in [0.1, 0.15) is 62.8 Å². The Morgan fingerprint density at radius 2 is 1.84 bits per heavy atom. The van der Waals surface area contributed by atoms with Crippen LogP contribution in [0.15, 0.2) is 48.5 Å². The Morgan fingerprint density at radius 1 is 1.10 bits per heavy atom. The van der Waals surface area contributed by atoms with Crippen molar-refractivity contribution in [2.75, 3.05) is 23.1 Å². The largest absolute Gasteiger partial charge is 0.497 e. The van der Waals surface area contributed by atoms with E-state index >= 15 is 0 Å². The first-order valence-electron chi connectivity index (χ1n) is 11.1. The van der Waals surface area contributed by atoms with Crippen LogP contribution < -0.4 is 15.0 Å². The number of anilines is 2. The second-order valence-corrected chi connectivity index (χ2v) is 8.89. The van der Waals surface area contributed by atoms with E-state index in [1.54, 1.807) is 18.9 Å². The lowest BCUT2D eigenvalue weighted by Crippen LogP contribution is -2.27. The zero-order valence-electron chi connectivity index (χ0n) is 18.4. The molecule has 0 aliphatic carbocycles. The molecule has 0 unspecified atom stereocenters. The van der Waals surface area contributed by atoms with E-state index in [0.29, 0.717) is 12.2 Å². The van der Waals surface area contributed by atoms with Crippen LogP contribution in [-0.2, 0) is 9.59 Å². The summed E-state index contributed by atoms with van der Waals surface area (Å²) in [6.45, 7) is 2.21. The molecule has 5 nitrogen and oxygen atoms in total. The van der Waals surface area contributed by atoms with Gasteiger partial charge in [0, 0.05) is 17.8 Å². The lowest BCUT2D eigenvalue weighted by molar-refractivity contribution is -0.117. The van der Waals surface area contributed by atoms with Gasteiger partial charge in [-0.2, -0.15) is 0 Å². The number of unbranched alkanes of at least 4 members (excludes halogenated alkanes) is 5. The summed E-state index contributed by atoms with van der Waals surface area (Å²) >= 11 is 1.60. The minimum atomic E-state index is -0.115. The molecule has 1 aliphatic rings. The van der Waals surface area contributed by atoms with Gasteiger partial charge in [-0.15, -0.1) is 11.8 Å². The highest BCUT2D eigenvalue weighted by atomic mass is 32.2. The summed E-state index contributed by atoms with van der Waals surface area (Å²) in [6, 6.07) is 15.4. The van der Waals surface area contributed by atoms with Crippen molar-refractivity contribution in [3.8, 4) is 5.75 Å². The summed E-state index contributed by atoms with van der Waals surface area (Å²) in [5.41, 5.74) is 2.63.